The first-order valence-corrected chi connectivity index (χ1v) is 2.61. The van der Waals surface area contributed by atoms with E-state index in [-0.39, 0.29) is 0 Å². The molecule has 7 heavy (non-hydrogen) atoms. The summed E-state index contributed by atoms with van der Waals surface area (Å²) in [6, 6.07) is 0. The van der Waals surface area contributed by atoms with E-state index in [0.717, 1.165) is 11.3 Å². The monoisotopic (exact) mass is 121 g/mol. The fraction of sp³-hybridized carbons (Fsp3) is 0. The minimum absolute atomic E-state index is 0.770. The summed E-state index contributed by atoms with van der Waals surface area (Å²) in [4.78, 5) is 9.05. The van der Waals surface area contributed by atoms with E-state index in [1.807, 2.05) is 0 Å². The van der Waals surface area contributed by atoms with Gasteiger partial charge >= 0.3 is 10.1 Å². The second-order valence-electron chi connectivity index (χ2n) is 0.679. The van der Waals surface area contributed by atoms with Gasteiger partial charge in [0.1, 0.15) is 5.94 Å². The van der Waals surface area contributed by atoms with Crippen LogP contribution in [0.15, 0.2) is 0 Å². The van der Waals surface area contributed by atoms with Crippen molar-refractivity contribution in [3.63, 3.8) is 0 Å². The predicted octanol–water partition coefficient (Wildman–Crippen LogP) is -0.977. The summed E-state index contributed by atoms with van der Waals surface area (Å²) in [6.07, 6.45) is 0. The number of hydrogen-bond donors (Lipinski definition) is 1. The Balaban J connectivity index is 4.44. The van der Waals surface area contributed by atoms with Crippen LogP contribution in [-0.4, -0.2) is 18.9 Å². The lowest BCUT2D eigenvalue weighted by atomic mass is 11.2. The van der Waals surface area contributed by atoms with Crippen LogP contribution in [0.4, 0.5) is 0 Å². The second kappa shape index (κ2) is 1.88. The largest absolute Gasteiger partial charge is 0.307 e. The molecule has 0 bridgehead atoms. The average Bonchev–Trinajstić information content (AvgIpc) is 1.30. The molecule has 0 aromatic rings. The van der Waals surface area contributed by atoms with Crippen LogP contribution in [0.3, 0.4) is 0 Å². The van der Waals surface area contributed by atoms with Crippen molar-refractivity contribution in [1.29, 1.82) is 0 Å². The van der Waals surface area contributed by atoms with Gasteiger partial charge in [-0.15, -0.1) is 0 Å². The van der Waals surface area contributed by atoms with Gasteiger partial charge in [-0.25, -0.2) is 4.79 Å². The molecule has 0 saturated heterocycles. The topological polar surface area (TPSA) is 71.4 Å². The van der Waals surface area contributed by atoms with E-state index in [2.05, 4.69) is 0 Å². The minimum atomic E-state index is -4.35. The zero-order chi connectivity index (χ0) is 5.91. The van der Waals surface area contributed by atoms with E-state index >= 15 is 0 Å². The third kappa shape index (κ3) is 5.36. The van der Waals surface area contributed by atoms with Gasteiger partial charge in [0, 0.05) is 0 Å². The molecule has 0 saturated carbocycles. The van der Waals surface area contributed by atoms with Gasteiger partial charge in [0.05, 0.1) is 0 Å². The van der Waals surface area contributed by atoms with E-state index in [1.165, 1.54) is 0 Å². The van der Waals surface area contributed by atoms with E-state index < -0.39 is 10.1 Å². The molecule has 39 valence electrons. The van der Waals surface area contributed by atoms with Crippen molar-refractivity contribution in [2.75, 3.05) is 0 Å². The fourth-order valence-electron chi connectivity index (χ4n) is 0.0527. The van der Waals surface area contributed by atoms with Gasteiger partial charge in [-0.05, 0) is 0 Å². The summed E-state index contributed by atoms with van der Waals surface area (Å²) in [7, 11) is -4.35. The molecule has 0 fully saturated rings. The van der Waals surface area contributed by atoms with Crippen molar-refractivity contribution in [2.24, 2.45) is 0 Å². The Hall–Kier alpha value is -0.640. The van der Waals surface area contributed by atoms with Gasteiger partial charge in [0.15, 0.2) is 0 Å². The normalized spacial score (nSPS) is 9.86. The van der Waals surface area contributed by atoms with E-state index in [1.54, 1.807) is 0 Å². The first-order valence-electron chi connectivity index (χ1n) is 1.17. The lowest BCUT2D eigenvalue weighted by Gasteiger charge is -1.70. The van der Waals surface area contributed by atoms with Crippen molar-refractivity contribution in [3.8, 4) is 0 Å². The zero-order valence-electron chi connectivity index (χ0n) is 3.08. The van der Waals surface area contributed by atoms with Gasteiger partial charge < -0.3 is 0 Å². The van der Waals surface area contributed by atoms with Gasteiger partial charge in [0.2, 0.25) is 5.41 Å². The Morgan fingerprint density at radius 3 is 1.86 bits per heavy atom. The van der Waals surface area contributed by atoms with Crippen LogP contribution in [0.1, 0.15) is 0 Å². The van der Waals surface area contributed by atoms with Crippen molar-refractivity contribution in [1.82, 2.24) is 0 Å². The van der Waals surface area contributed by atoms with E-state index in [0.29, 0.717) is 0 Å². The molecule has 0 rings (SSSR count). The quantitative estimate of drug-likeness (QED) is 0.357. The Morgan fingerprint density at radius 1 is 1.43 bits per heavy atom. The fourth-order valence-corrected chi connectivity index (χ4v) is 0.158. The lowest BCUT2D eigenvalue weighted by Crippen LogP contribution is -1.89. The highest BCUT2D eigenvalue weighted by Gasteiger charge is 1.94. The van der Waals surface area contributed by atoms with Crippen LogP contribution in [0.2, 0.25) is 0 Å². The molecule has 1 N–H and O–H groups in total. The summed E-state index contributed by atoms with van der Waals surface area (Å²) in [6.45, 7) is 0. The maximum Gasteiger partial charge on any atom is 0.307 e. The van der Waals surface area contributed by atoms with Crippen LogP contribution >= 0.6 is 0 Å². The van der Waals surface area contributed by atoms with Crippen LogP contribution in [0.5, 0.6) is 0 Å². The summed E-state index contributed by atoms with van der Waals surface area (Å²) in [5.74, 6) is 0.770. The predicted molar refractivity (Wildman–Crippen MR) is 20.5 cm³/mol. The molecule has 0 amide bonds. The number of hydrogen-bond acceptors (Lipinski definition) is 3. The van der Waals surface area contributed by atoms with Crippen LogP contribution in [0.25, 0.3) is 0 Å². The van der Waals surface area contributed by atoms with Crippen molar-refractivity contribution in [2.45, 2.75) is 0 Å². The Labute approximate surface area is 40.2 Å². The van der Waals surface area contributed by atoms with E-state index in [4.69, 9.17) is 9.35 Å². The second-order valence-corrected chi connectivity index (χ2v) is 1.83. The minimum Gasteiger partial charge on any atom is -0.281 e. The lowest BCUT2D eigenvalue weighted by molar-refractivity contribution is 0.492. The molecule has 0 aromatic carbocycles. The molecule has 0 unspecified atom stereocenters. The molecule has 0 heterocycles. The van der Waals surface area contributed by atoms with Gasteiger partial charge in [-0.3, -0.25) is 4.55 Å². The molecule has 0 aliphatic heterocycles. The summed E-state index contributed by atoms with van der Waals surface area (Å²) in [5.41, 5.74) is 0. The Kier molecular flexibility index (Phi) is 1.71. The molecule has 1 radical (unpaired) electrons. The summed E-state index contributed by atoms with van der Waals surface area (Å²) < 4.78 is 26.4. The smallest absolute Gasteiger partial charge is 0.281 e. The van der Waals surface area contributed by atoms with Crippen LogP contribution in [-0.2, 0) is 14.9 Å². The van der Waals surface area contributed by atoms with Crippen molar-refractivity contribution < 1.29 is 17.8 Å². The average molecular weight is 121 g/mol. The molecule has 0 aromatic heterocycles. The standard InChI is InChI=1S/C2HO4S/c3-1-2-7(4,5)6/h(H,4,5,6). The summed E-state index contributed by atoms with van der Waals surface area (Å²) in [5, 5.41) is 1.01. The van der Waals surface area contributed by atoms with Gasteiger partial charge in [-0.1, -0.05) is 0 Å². The van der Waals surface area contributed by atoms with Gasteiger partial charge in [-0.2, -0.15) is 8.42 Å². The molecule has 5 heteroatoms. The molecule has 4 nitrogen and oxygen atoms in total. The highest BCUT2D eigenvalue weighted by Crippen LogP contribution is 1.72. The maximum atomic E-state index is 9.41. The van der Waals surface area contributed by atoms with Crippen LogP contribution < -0.4 is 0 Å². The molecule has 0 atom stereocenters. The highest BCUT2D eigenvalue weighted by molar-refractivity contribution is 7.87. The van der Waals surface area contributed by atoms with E-state index in [9.17, 15) is 8.42 Å². The highest BCUT2D eigenvalue weighted by atomic mass is 32.2. The SMILES string of the molecule is O=C=[C]S(=O)(=O)O. The van der Waals surface area contributed by atoms with Crippen molar-refractivity contribution in [3.05, 3.63) is 5.41 Å². The van der Waals surface area contributed by atoms with Crippen LogP contribution in [0, 0.1) is 5.41 Å². The third-order valence-corrected chi connectivity index (χ3v) is 0.512. The molecule has 0 spiro atoms. The van der Waals surface area contributed by atoms with Gasteiger partial charge in [0.25, 0.3) is 0 Å². The Bertz CT molecular complexity index is 182. The third-order valence-electron chi connectivity index (χ3n) is 0.171. The molecule has 0 aliphatic carbocycles. The maximum absolute atomic E-state index is 9.41. The first kappa shape index (κ1) is 6.36. The Morgan fingerprint density at radius 2 is 1.86 bits per heavy atom. The molecule has 0 aliphatic rings. The molecular weight excluding hydrogens is 120 g/mol. The van der Waals surface area contributed by atoms with Crippen molar-refractivity contribution >= 4 is 16.1 Å². The summed E-state index contributed by atoms with van der Waals surface area (Å²) >= 11 is 0. The number of carbonyl (C=O) groups excluding carboxylic acids is 1. The molecular formula is C2HO4S. The number of rotatable bonds is 1. The first-order chi connectivity index (χ1) is 3.06. The zero-order valence-corrected chi connectivity index (χ0v) is 3.90.